The maximum atomic E-state index is 15.1. The van der Waals surface area contributed by atoms with E-state index in [1.54, 1.807) is 0 Å². The fourth-order valence-corrected chi connectivity index (χ4v) is 5.20. The standard InChI is InChI=1S/C28H28F6O/c1-2-3-4-5-17-6-8-18(9-7-17)21-15-23(29)26(24(30)16-21)20-10-12-22-19(14-20)11-13-25(27(22)31)35-28(32,33)34/h10-18H,2-9H2,1H3/t17-,18-. The van der Waals surface area contributed by atoms with Crippen LogP contribution < -0.4 is 4.74 Å². The van der Waals surface area contributed by atoms with Crippen molar-refractivity contribution < 1.29 is 31.1 Å². The molecule has 188 valence electrons. The molecule has 3 aromatic rings. The van der Waals surface area contributed by atoms with Gasteiger partial charge in [0.2, 0.25) is 0 Å². The van der Waals surface area contributed by atoms with Gasteiger partial charge in [-0.2, -0.15) is 0 Å². The molecule has 1 saturated carbocycles. The fraction of sp³-hybridized carbons (Fsp3) is 0.429. The first-order valence-electron chi connectivity index (χ1n) is 12.1. The molecule has 35 heavy (non-hydrogen) atoms. The van der Waals surface area contributed by atoms with Crippen LogP contribution in [0, 0.1) is 23.4 Å². The lowest BCUT2D eigenvalue weighted by atomic mass is 9.76. The van der Waals surface area contributed by atoms with Crippen molar-refractivity contribution in [2.24, 2.45) is 5.92 Å². The number of benzene rings is 3. The van der Waals surface area contributed by atoms with Crippen molar-refractivity contribution in [2.45, 2.75) is 70.6 Å². The van der Waals surface area contributed by atoms with Gasteiger partial charge in [-0.3, -0.25) is 0 Å². The molecule has 1 aliphatic carbocycles. The van der Waals surface area contributed by atoms with Gasteiger partial charge in [0.15, 0.2) is 11.6 Å². The van der Waals surface area contributed by atoms with Gasteiger partial charge in [0, 0.05) is 5.39 Å². The maximum Gasteiger partial charge on any atom is 0.573 e. The number of alkyl halides is 3. The van der Waals surface area contributed by atoms with Gasteiger partial charge in [0.25, 0.3) is 0 Å². The van der Waals surface area contributed by atoms with E-state index in [1.807, 2.05) is 0 Å². The molecule has 3 aromatic carbocycles. The van der Waals surface area contributed by atoms with Crippen molar-refractivity contribution in [1.82, 2.24) is 0 Å². The van der Waals surface area contributed by atoms with Gasteiger partial charge in [-0.25, -0.2) is 13.2 Å². The number of unbranched alkanes of at least 4 members (excludes halogenated alkanes) is 2. The molecule has 1 fully saturated rings. The summed E-state index contributed by atoms with van der Waals surface area (Å²) in [4.78, 5) is 0. The van der Waals surface area contributed by atoms with E-state index in [9.17, 15) is 17.6 Å². The second kappa shape index (κ2) is 10.5. The lowest BCUT2D eigenvalue weighted by Crippen LogP contribution is -2.18. The number of hydrogen-bond acceptors (Lipinski definition) is 1. The minimum absolute atomic E-state index is 0.119. The average molecular weight is 495 g/mol. The second-order valence-corrected chi connectivity index (χ2v) is 9.43. The summed E-state index contributed by atoms with van der Waals surface area (Å²) in [5, 5.41) is 0.0717. The Hall–Kier alpha value is -2.70. The molecular weight excluding hydrogens is 466 g/mol. The molecule has 0 N–H and O–H groups in total. The molecule has 0 heterocycles. The van der Waals surface area contributed by atoms with Crippen molar-refractivity contribution in [1.29, 1.82) is 0 Å². The van der Waals surface area contributed by atoms with Crippen molar-refractivity contribution in [2.75, 3.05) is 0 Å². The Morgan fingerprint density at radius 3 is 2.17 bits per heavy atom. The summed E-state index contributed by atoms with van der Waals surface area (Å²) in [5.41, 5.74) is 0.596. The number of ether oxygens (including phenoxy) is 1. The van der Waals surface area contributed by atoms with E-state index in [0.717, 1.165) is 31.7 Å². The number of rotatable bonds is 7. The molecule has 0 saturated heterocycles. The molecule has 1 nitrogen and oxygen atoms in total. The predicted octanol–water partition coefficient (Wildman–Crippen LogP) is 9.68. The Kier molecular flexibility index (Phi) is 7.62. The SMILES string of the molecule is CCCCC[C@H]1CC[C@H](c2cc(F)c(-c3ccc4c(F)c(OC(F)(F)F)ccc4c3)c(F)c2)CC1. The van der Waals surface area contributed by atoms with Crippen LogP contribution in [0.5, 0.6) is 5.75 Å². The highest BCUT2D eigenvalue weighted by Crippen LogP contribution is 2.40. The van der Waals surface area contributed by atoms with Crippen LogP contribution in [-0.4, -0.2) is 6.36 Å². The first kappa shape index (κ1) is 25.4. The summed E-state index contributed by atoms with van der Waals surface area (Å²) < 4.78 is 85.8. The zero-order valence-electron chi connectivity index (χ0n) is 19.5. The van der Waals surface area contributed by atoms with E-state index in [-0.39, 0.29) is 27.8 Å². The van der Waals surface area contributed by atoms with Crippen LogP contribution in [0.1, 0.15) is 69.8 Å². The fourth-order valence-electron chi connectivity index (χ4n) is 5.20. The zero-order valence-corrected chi connectivity index (χ0v) is 19.5. The molecular formula is C28H28F6O. The van der Waals surface area contributed by atoms with Gasteiger partial charge in [0.1, 0.15) is 11.6 Å². The normalized spacial score (nSPS) is 18.7. The molecule has 0 spiro atoms. The monoisotopic (exact) mass is 494 g/mol. The molecule has 0 unspecified atom stereocenters. The zero-order chi connectivity index (χ0) is 25.2. The Morgan fingerprint density at radius 1 is 0.857 bits per heavy atom. The third kappa shape index (κ3) is 5.93. The van der Waals surface area contributed by atoms with E-state index in [1.165, 1.54) is 62.1 Å². The molecule has 0 atom stereocenters. The maximum absolute atomic E-state index is 15.1. The summed E-state index contributed by atoms with van der Waals surface area (Å²) >= 11 is 0. The molecule has 0 radical (unpaired) electrons. The summed E-state index contributed by atoms with van der Waals surface area (Å²) in [7, 11) is 0. The lowest BCUT2D eigenvalue weighted by Gasteiger charge is -2.29. The van der Waals surface area contributed by atoms with E-state index in [2.05, 4.69) is 11.7 Å². The summed E-state index contributed by atoms with van der Waals surface area (Å²) in [6.45, 7) is 2.18. The van der Waals surface area contributed by atoms with Crippen LogP contribution in [0.3, 0.4) is 0 Å². The number of halogens is 6. The molecule has 4 rings (SSSR count). The van der Waals surface area contributed by atoms with Crippen molar-refractivity contribution in [3.8, 4) is 16.9 Å². The lowest BCUT2D eigenvalue weighted by molar-refractivity contribution is -0.275. The van der Waals surface area contributed by atoms with E-state index in [4.69, 9.17) is 0 Å². The molecule has 1 aliphatic rings. The first-order valence-corrected chi connectivity index (χ1v) is 12.1. The van der Waals surface area contributed by atoms with Gasteiger partial charge in [0.05, 0.1) is 5.56 Å². The largest absolute Gasteiger partial charge is 0.573 e. The van der Waals surface area contributed by atoms with E-state index < -0.39 is 29.6 Å². The summed E-state index contributed by atoms with van der Waals surface area (Å²) in [5.74, 6) is -2.75. The quantitative estimate of drug-likeness (QED) is 0.235. The van der Waals surface area contributed by atoms with Gasteiger partial charge >= 0.3 is 6.36 Å². The van der Waals surface area contributed by atoms with Crippen molar-refractivity contribution in [3.05, 3.63) is 65.5 Å². The van der Waals surface area contributed by atoms with Gasteiger partial charge in [-0.05, 0) is 78.3 Å². The van der Waals surface area contributed by atoms with Crippen LogP contribution in [0.15, 0.2) is 42.5 Å². The Morgan fingerprint density at radius 2 is 1.54 bits per heavy atom. The smallest absolute Gasteiger partial charge is 0.403 e. The van der Waals surface area contributed by atoms with Crippen LogP contribution in [0.25, 0.3) is 21.9 Å². The highest BCUT2D eigenvalue weighted by Gasteiger charge is 2.32. The minimum atomic E-state index is -5.03. The molecule has 0 amide bonds. The molecule has 0 aliphatic heterocycles. The highest BCUT2D eigenvalue weighted by atomic mass is 19.4. The Labute approximate surface area is 201 Å². The Bertz CT molecular complexity index is 1160. The van der Waals surface area contributed by atoms with Gasteiger partial charge in [-0.1, -0.05) is 50.8 Å². The molecule has 0 aromatic heterocycles. The van der Waals surface area contributed by atoms with Crippen LogP contribution in [0.2, 0.25) is 0 Å². The van der Waals surface area contributed by atoms with Gasteiger partial charge < -0.3 is 4.74 Å². The van der Waals surface area contributed by atoms with Crippen LogP contribution in [0.4, 0.5) is 26.3 Å². The second-order valence-electron chi connectivity index (χ2n) is 9.43. The highest BCUT2D eigenvalue weighted by molar-refractivity contribution is 5.89. The number of hydrogen-bond donors (Lipinski definition) is 0. The average Bonchev–Trinajstić information content (AvgIpc) is 2.80. The summed E-state index contributed by atoms with van der Waals surface area (Å²) in [6, 6.07) is 8.70. The molecule has 0 bridgehead atoms. The minimum Gasteiger partial charge on any atom is -0.403 e. The van der Waals surface area contributed by atoms with E-state index in [0.29, 0.717) is 11.5 Å². The van der Waals surface area contributed by atoms with Crippen molar-refractivity contribution >= 4 is 10.8 Å². The Balaban J connectivity index is 1.54. The van der Waals surface area contributed by atoms with Crippen LogP contribution in [-0.2, 0) is 0 Å². The van der Waals surface area contributed by atoms with Gasteiger partial charge in [-0.15, -0.1) is 13.2 Å². The predicted molar refractivity (Wildman–Crippen MR) is 125 cm³/mol. The third-order valence-electron chi connectivity index (χ3n) is 7.03. The number of fused-ring (bicyclic) bond motifs is 1. The summed E-state index contributed by atoms with van der Waals surface area (Å²) in [6.07, 6.45) is 3.80. The first-order chi connectivity index (χ1) is 16.7. The molecule has 7 heteroatoms. The third-order valence-corrected chi connectivity index (χ3v) is 7.03. The van der Waals surface area contributed by atoms with Crippen LogP contribution >= 0.6 is 0 Å². The van der Waals surface area contributed by atoms with E-state index >= 15 is 8.78 Å². The van der Waals surface area contributed by atoms with Crippen molar-refractivity contribution in [3.63, 3.8) is 0 Å². The topological polar surface area (TPSA) is 9.23 Å².